The van der Waals surface area contributed by atoms with E-state index < -0.39 is 0 Å². The van der Waals surface area contributed by atoms with Gasteiger partial charge in [-0.3, -0.25) is 0 Å². The highest BCUT2D eigenvalue weighted by molar-refractivity contribution is 8.00. The van der Waals surface area contributed by atoms with E-state index in [0.29, 0.717) is 5.25 Å². The van der Waals surface area contributed by atoms with E-state index in [2.05, 4.69) is 56.4 Å². The van der Waals surface area contributed by atoms with Gasteiger partial charge in [-0.15, -0.1) is 11.8 Å². The van der Waals surface area contributed by atoms with Crippen LogP contribution in [0.25, 0.3) is 0 Å². The molecule has 0 aromatic heterocycles. The number of thioether (sulfide) groups is 1. The van der Waals surface area contributed by atoms with Crippen molar-refractivity contribution in [1.29, 1.82) is 0 Å². The fourth-order valence-electron chi connectivity index (χ4n) is 2.43. The molecule has 0 saturated carbocycles. The first-order valence-corrected chi connectivity index (χ1v) is 6.22. The maximum Gasteiger partial charge on any atom is 0.0407 e. The fourth-order valence-corrected chi connectivity index (χ4v) is 3.99. The molecule has 3 rings (SSSR count). The second kappa shape index (κ2) is 3.02. The maximum absolute atomic E-state index is 2.34. The SMILES string of the molecule is Cc1ccc2c(c1)SC1C=CC=C[C@@]21C. The molecule has 0 nitrogen and oxygen atoms in total. The van der Waals surface area contributed by atoms with E-state index in [1.165, 1.54) is 16.0 Å². The summed E-state index contributed by atoms with van der Waals surface area (Å²) in [6.07, 6.45) is 9.00. The molecule has 0 bridgehead atoms. The average molecular weight is 214 g/mol. The van der Waals surface area contributed by atoms with Gasteiger partial charge < -0.3 is 0 Å². The molecule has 1 heterocycles. The van der Waals surface area contributed by atoms with E-state index in [1.54, 1.807) is 0 Å². The van der Waals surface area contributed by atoms with Crippen molar-refractivity contribution in [2.24, 2.45) is 0 Å². The van der Waals surface area contributed by atoms with Crippen LogP contribution >= 0.6 is 11.8 Å². The number of benzene rings is 1. The number of hydrogen-bond acceptors (Lipinski definition) is 1. The molecule has 1 aromatic rings. The van der Waals surface area contributed by atoms with Crippen LogP contribution in [0.3, 0.4) is 0 Å². The van der Waals surface area contributed by atoms with E-state index in [1.807, 2.05) is 11.8 Å². The van der Waals surface area contributed by atoms with Crippen LogP contribution in [0.4, 0.5) is 0 Å². The molecule has 0 radical (unpaired) electrons. The number of rotatable bonds is 0. The van der Waals surface area contributed by atoms with E-state index in [9.17, 15) is 0 Å². The van der Waals surface area contributed by atoms with Gasteiger partial charge in [0.1, 0.15) is 0 Å². The summed E-state index contributed by atoms with van der Waals surface area (Å²) >= 11 is 2.00. The summed E-state index contributed by atoms with van der Waals surface area (Å²) in [5, 5.41) is 0.583. The highest BCUT2D eigenvalue weighted by atomic mass is 32.2. The zero-order valence-corrected chi connectivity index (χ0v) is 9.84. The number of hydrogen-bond donors (Lipinski definition) is 0. The third-order valence-corrected chi connectivity index (χ3v) is 4.89. The summed E-state index contributed by atoms with van der Waals surface area (Å²) in [5.74, 6) is 0. The molecule has 1 aromatic carbocycles. The third-order valence-electron chi connectivity index (χ3n) is 3.40. The van der Waals surface area contributed by atoms with Gasteiger partial charge in [-0.25, -0.2) is 0 Å². The van der Waals surface area contributed by atoms with Gasteiger partial charge in [0.25, 0.3) is 0 Å². The quantitative estimate of drug-likeness (QED) is 0.632. The van der Waals surface area contributed by atoms with Crippen LogP contribution in [0.15, 0.2) is 47.4 Å². The first kappa shape index (κ1) is 9.29. The lowest BCUT2D eigenvalue weighted by Gasteiger charge is -2.28. The molecular weight excluding hydrogens is 200 g/mol. The van der Waals surface area contributed by atoms with Gasteiger partial charge in [-0.1, -0.05) is 43.4 Å². The van der Waals surface area contributed by atoms with Crippen molar-refractivity contribution in [1.82, 2.24) is 0 Å². The van der Waals surface area contributed by atoms with Gasteiger partial charge in [-0.2, -0.15) is 0 Å². The molecule has 15 heavy (non-hydrogen) atoms. The molecule has 0 fully saturated rings. The summed E-state index contributed by atoms with van der Waals surface area (Å²) in [4.78, 5) is 1.46. The lowest BCUT2D eigenvalue weighted by molar-refractivity contribution is 0.620. The molecule has 0 spiro atoms. The molecule has 1 aliphatic heterocycles. The van der Waals surface area contributed by atoms with Crippen LogP contribution in [0.2, 0.25) is 0 Å². The maximum atomic E-state index is 2.34. The highest BCUT2D eigenvalue weighted by Crippen LogP contribution is 2.52. The summed E-state index contributed by atoms with van der Waals surface area (Å²) < 4.78 is 0. The topological polar surface area (TPSA) is 0 Å². The molecule has 76 valence electrons. The minimum Gasteiger partial charge on any atom is -0.117 e. The molecular formula is C14H14S. The first-order valence-electron chi connectivity index (χ1n) is 5.34. The van der Waals surface area contributed by atoms with Crippen molar-refractivity contribution in [3.05, 3.63) is 53.6 Å². The predicted octanol–water partition coefficient (Wildman–Crippen LogP) is 3.85. The van der Waals surface area contributed by atoms with Crippen LogP contribution in [0, 0.1) is 6.92 Å². The zero-order valence-electron chi connectivity index (χ0n) is 9.03. The summed E-state index contributed by atoms with van der Waals surface area (Å²) in [7, 11) is 0. The fraction of sp³-hybridized carbons (Fsp3) is 0.286. The zero-order chi connectivity index (χ0) is 10.5. The molecule has 1 heteroatoms. The molecule has 1 unspecified atom stereocenters. The minimum absolute atomic E-state index is 0.211. The smallest absolute Gasteiger partial charge is 0.0407 e. The standard InChI is InChI=1S/C14H14S/c1-10-6-7-11-12(9-10)15-13-5-3-4-8-14(11,13)2/h3-9,13H,1-2H3/t13?,14-/m0/s1. The summed E-state index contributed by atoms with van der Waals surface area (Å²) in [6.45, 7) is 4.50. The molecule has 0 saturated heterocycles. The Morgan fingerprint density at radius 1 is 1.27 bits per heavy atom. The van der Waals surface area contributed by atoms with Gasteiger partial charge in [0.2, 0.25) is 0 Å². The van der Waals surface area contributed by atoms with E-state index in [-0.39, 0.29) is 5.41 Å². The van der Waals surface area contributed by atoms with Gasteiger partial charge in [-0.05, 0) is 24.1 Å². The normalized spacial score (nSPS) is 31.5. The lowest BCUT2D eigenvalue weighted by atomic mass is 9.77. The second-order valence-corrected chi connectivity index (χ2v) is 5.75. The largest absolute Gasteiger partial charge is 0.117 e. The number of allylic oxidation sites excluding steroid dienone is 3. The molecule has 0 N–H and O–H groups in total. The minimum atomic E-state index is 0.211. The van der Waals surface area contributed by atoms with Crippen molar-refractivity contribution >= 4 is 11.8 Å². The van der Waals surface area contributed by atoms with Crippen molar-refractivity contribution in [2.75, 3.05) is 0 Å². The molecule has 2 aliphatic rings. The van der Waals surface area contributed by atoms with Crippen LogP contribution < -0.4 is 0 Å². The van der Waals surface area contributed by atoms with Crippen LogP contribution in [-0.2, 0) is 5.41 Å². The van der Waals surface area contributed by atoms with Gasteiger partial charge in [0.15, 0.2) is 0 Å². The predicted molar refractivity (Wildman–Crippen MR) is 66.5 cm³/mol. The third kappa shape index (κ3) is 1.23. The summed E-state index contributed by atoms with van der Waals surface area (Å²) in [6, 6.07) is 6.82. The Labute approximate surface area is 95.1 Å². The Balaban J connectivity index is 2.19. The Morgan fingerprint density at radius 2 is 2.13 bits per heavy atom. The summed E-state index contributed by atoms with van der Waals surface area (Å²) in [5.41, 5.74) is 3.06. The van der Waals surface area contributed by atoms with Crippen molar-refractivity contribution in [3.63, 3.8) is 0 Å². The van der Waals surface area contributed by atoms with E-state index in [4.69, 9.17) is 0 Å². The number of fused-ring (bicyclic) bond motifs is 3. The average Bonchev–Trinajstić information content (AvgIpc) is 2.49. The second-order valence-electron chi connectivity index (χ2n) is 4.56. The monoisotopic (exact) mass is 214 g/mol. The van der Waals surface area contributed by atoms with Gasteiger partial charge in [0.05, 0.1) is 0 Å². The first-order chi connectivity index (χ1) is 7.20. The van der Waals surface area contributed by atoms with E-state index >= 15 is 0 Å². The van der Waals surface area contributed by atoms with Crippen molar-refractivity contribution in [2.45, 2.75) is 29.4 Å². The molecule has 2 atom stereocenters. The molecule has 0 amide bonds. The van der Waals surface area contributed by atoms with E-state index in [0.717, 1.165) is 0 Å². The van der Waals surface area contributed by atoms with Gasteiger partial charge in [0, 0.05) is 15.6 Å². The number of aryl methyl sites for hydroxylation is 1. The lowest BCUT2D eigenvalue weighted by Crippen LogP contribution is -2.28. The van der Waals surface area contributed by atoms with Crippen LogP contribution in [0.5, 0.6) is 0 Å². The van der Waals surface area contributed by atoms with Crippen LogP contribution in [0.1, 0.15) is 18.1 Å². The van der Waals surface area contributed by atoms with Crippen LogP contribution in [-0.4, -0.2) is 5.25 Å². The molecule has 1 aliphatic carbocycles. The Bertz CT molecular complexity index is 470. The van der Waals surface area contributed by atoms with Gasteiger partial charge >= 0.3 is 0 Å². The van der Waals surface area contributed by atoms with Crippen molar-refractivity contribution < 1.29 is 0 Å². The Kier molecular flexibility index (Phi) is 1.87. The highest BCUT2D eigenvalue weighted by Gasteiger charge is 2.41. The van der Waals surface area contributed by atoms with Crippen molar-refractivity contribution in [3.8, 4) is 0 Å². The Morgan fingerprint density at radius 3 is 3.00 bits per heavy atom. The Hall–Kier alpha value is -0.950.